The van der Waals surface area contributed by atoms with E-state index in [0.717, 1.165) is 11.2 Å². The molecule has 164 valence electrons. The Balaban J connectivity index is 1.83. The molecule has 1 aliphatic carbocycles. The van der Waals surface area contributed by atoms with Crippen molar-refractivity contribution in [3.63, 3.8) is 0 Å². The molecule has 0 saturated heterocycles. The molecule has 9 heteroatoms. The number of carbonyl (C=O) groups is 3. The van der Waals surface area contributed by atoms with E-state index in [1.54, 1.807) is 48.5 Å². The zero-order valence-corrected chi connectivity index (χ0v) is 17.1. The fraction of sp³-hybridized carbons (Fsp3) is 0.217. The molecule has 32 heavy (non-hydrogen) atoms. The number of hydrogen-bond donors (Lipinski definition) is 0. The highest BCUT2D eigenvalue weighted by Crippen LogP contribution is 2.43. The van der Waals surface area contributed by atoms with Crippen molar-refractivity contribution in [1.29, 1.82) is 0 Å². The highest BCUT2D eigenvalue weighted by Gasteiger charge is 2.46. The van der Waals surface area contributed by atoms with Crippen molar-refractivity contribution in [2.45, 2.75) is 12.1 Å². The first-order valence-electron chi connectivity index (χ1n) is 9.72. The smallest absolute Gasteiger partial charge is 0.293 e. The number of Topliss-reactive ketones (excluding diaryl/α,β-unsaturated/α-hetero) is 2. The number of para-hydroxylation sites is 1. The number of amides is 1. The number of alkyl halides is 3. The van der Waals surface area contributed by atoms with E-state index in [0.29, 0.717) is 16.3 Å². The van der Waals surface area contributed by atoms with E-state index in [1.165, 1.54) is 20.2 Å². The van der Waals surface area contributed by atoms with Crippen LogP contribution in [0.2, 0.25) is 0 Å². The van der Waals surface area contributed by atoms with Crippen LogP contribution in [0.5, 0.6) is 0 Å². The third kappa shape index (κ3) is 3.54. The lowest BCUT2D eigenvalue weighted by atomic mass is 9.70. The summed E-state index contributed by atoms with van der Waals surface area (Å²) in [6, 6.07) is 13.2. The van der Waals surface area contributed by atoms with Crippen LogP contribution in [0.4, 0.5) is 18.9 Å². The fourth-order valence-corrected chi connectivity index (χ4v) is 4.00. The molecule has 0 radical (unpaired) electrons. The number of benzene rings is 2. The van der Waals surface area contributed by atoms with Crippen molar-refractivity contribution >= 4 is 28.9 Å². The maximum absolute atomic E-state index is 13.4. The lowest BCUT2D eigenvalue weighted by molar-refractivity contribution is -0.193. The number of ketones is 2. The third-order valence-corrected chi connectivity index (χ3v) is 5.46. The lowest BCUT2D eigenvalue weighted by Crippen LogP contribution is -2.45. The van der Waals surface area contributed by atoms with E-state index in [9.17, 15) is 27.6 Å². The summed E-state index contributed by atoms with van der Waals surface area (Å²) in [5.41, 5.74) is 1.57. The van der Waals surface area contributed by atoms with Crippen LogP contribution >= 0.6 is 0 Å². The molecule has 1 amide bonds. The summed E-state index contributed by atoms with van der Waals surface area (Å²) in [4.78, 5) is 42.7. The van der Waals surface area contributed by atoms with E-state index >= 15 is 0 Å². The topological polar surface area (TPSA) is 70.0 Å². The molecule has 2 aromatic rings. The van der Waals surface area contributed by atoms with Gasteiger partial charge in [0.1, 0.15) is 5.71 Å². The molecule has 0 spiro atoms. The summed E-state index contributed by atoms with van der Waals surface area (Å²) in [7, 11) is 2.59. The first-order valence-corrected chi connectivity index (χ1v) is 9.72. The predicted molar refractivity (Wildman–Crippen MR) is 111 cm³/mol. The Morgan fingerprint density at radius 2 is 1.62 bits per heavy atom. The molecular weight excluding hydrogens is 423 g/mol. The van der Waals surface area contributed by atoms with E-state index in [-0.39, 0.29) is 22.6 Å². The normalized spacial score (nSPS) is 20.0. The van der Waals surface area contributed by atoms with Crippen LogP contribution in [0.15, 0.2) is 65.8 Å². The van der Waals surface area contributed by atoms with E-state index < -0.39 is 29.7 Å². The van der Waals surface area contributed by atoms with Crippen LogP contribution in [0.1, 0.15) is 32.2 Å². The van der Waals surface area contributed by atoms with Crippen molar-refractivity contribution in [3.05, 3.63) is 77.5 Å². The molecule has 2 unspecified atom stereocenters. The maximum Gasteiger partial charge on any atom is 0.473 e. The Morgan fingerprint density at radius 3 is 2.28 bits per heavy atom. The highest BCUT2D eigenvalue weighted by molar-refractivity contribution is 6.54. The Morgan fingerprint density at radius 1 is 1.00 bits per heavy atom. The minimum Gasteiger partial charge on any atom is -0.293 e. The van der Waals surface area contributed by atoms with Gasteiger partial charge in [-0.3, -0.25) is 14.4 Å². The van der Waals surface area contributed by atoms with Gasteiger partial charge < -0.3 is 0 Å². The number of hydrogen-bond acceptors (Lipinski definition) is 5. The van der Waals surface area contributed by atoms with Gasteiger partial charge >= 0.3 is 12.1 Å². The number of carbonyl (C=O) groups excluding carboxylic acids is 3. The number of fused-ring (bicyclic) bond motifs is 3. The standard InChI is InChI=1S/C23H18F3N3O3/c1-28(2)29(22(32)23(24,25)26)12-11-14-13-7-5-6-10-17(13)27-19-18(14)20(30)15-8-3-4-9-16(15)21(19)31/h3-12,14,18H,1-2H3/b12-11+. The van der Waals surface area contributed by atoms with E-state index in [4.69, 9.17) is 0 Å². The molecule has 0 bridgehead atoms. The average Bonchev–Trinajstić information content (AvgIpc) is 2.76. The van der Waals surface area contributed by atoms with Crippen LogP contribution in [-0.2, 0) is 4.79 Å². The van der Waals surface area contributed by atoms with Gasteiger partial charge in [-0.15, -0.1) is 0 Å². The molecule has 0 aromatic heterocycles. The summed E-state index contributed by atoms with van der Waals surface area (Å²) in [6.07, 6.45) is -2.75. The summed E-state index contributed by atoms with van der Waals surface area (Å²) < 4.78 is 39.1. The summed E-state index contributed by atoms with van der Waals surface area (Å²) in [5, 5.41) is 1.40. The van der Waals surface area contributed by atoms with Gasteiger partial charge in [-0.25, -0.2) is 15.0 Å². The largest absolute Gasteiger partial charge is 0.473 e. The second-order valence-electron chi connectivity index (χ2n) is 7.63. The number of halogens is 3. The Labute approximate surface area is 181 Å². The number of allylic oxidation sites excluding steroid dienone is 1. The van der Waals surface area contributed by atoms with Crippen molar-refractivity contribution in [2.24, 2.45) is 10.9 Å². The van der Waals surface area contributed by atoms with Crippen molar-refractivity contribution in [1.82, 2.24) is 10.0 Å². The van der Waals surface area contributed by atoms with Gasteiger partial charge in [0, 0.05) is 37.3 Å². The predicted octanol–water partition coefficient (Wildman–Crippen LogP) is 3.93. The number of aliphatic imine (C=N–C) groups is 1. The minimum atomic E-state index is -5.08. The Kier molecular flexibility index (Phi) is 5.29. The fourth-order valence-electron chi connectivity index (χ4n) is 4.00. The van der Waals surface area contributed by atoms with Gasteiger partial charge in [0.15, 0.2) is 5.78 Å². The summed E-state index contributed by atoms with van der Waals surface area (Å²) in [5.74, 6) is -4.61. The number of hydrazine groups is 1. The monoisotopic (exact) mass is 441 g/mol. The maximum atomic E-state index is 13.4. The van der Waals surface area contributed by atoms with Crippen molar-refractivity contribution in [2.75, 3.05) is 14.1 Å². The van der Waals surface area contributed by atoms with E-state index in [1.807, 2.05) is 0 Å². The summed E-state index contributed by atoms with van der Waals surface area (Å²) >= 11 is 0. The van der Waals surface area contributed by atoms with Gasteiger partial charge in [0.05, 0.1) is 11.6 Å². The molecule has 2 aromatic carbocycles. The molecule has 0 N–H and O–H groups in total. The Hall–Kier alpha value is -3.59. The number of rotatable bonds is 3. The van der Waals surface area contributed by atoms with Crippen LogP contribution in [-0.4, -0.2) is 53.5 Å². The highest BCUT2D eigenvalue weighted by atomic mass is 19.4. The minimum absolute atomic E-state index is 0.0422. The van der Waals surface area contributed by atoms with Gasteiger partial charge in [-0.2, -0.15) is 13.2 Å². The number of nitrogens with zero attached hydrogens (tertiary/aromatic N) is 3. The molecule has 2 aliphatic rings. The molecule has 2 atom stereocenters. The van der Waals surface area contributed by atoms with Gasteiger partial charge in [0.25, 0.3) is 0 Å². The molecule has 6 nitrogen and oxygen atoms in total. The van der Waals surface area contributed by atoms with Gasteiger partial charge in [0.2, 0.25) is 5.78 Å². The van der Waals surface area contributed by atoms with Crippen LogP contribution in [0, 0.1) is 5.92 Å². The van der Waals surface area contributed by atoms with E-state index in [2.05, 4.69) is 4.99 Å². The van der Waals surface area contributed by atoms with Gasteiger partial charge in [-0.05, 0) is 11.6 Å². The summed E-state index contributed by atoms with van der Waals surface area (Å²) in [6.45, 7) is 0. The van der Waals surface area contributed by atoms with Crippen LogP contribution < -0.4 is 0 Å². The van der Waals surface area contributed by atoms with Crippen molar-refractivity contribution in [3.8, 4) is 0 Å². The van der Waals surface area contributed by atoms with Gasteiger partial charge in [-0.1, -0.05) is 48.5 Å². The van der Waals surface area contributed by atoms with Crippen molar-refractivity contribution < 1.29 is 27.6 Å². The SMILES string of the molecule is CN(C)N(/C=C/C1c2ccccc2N=C2C(=O)c3ccccc3C(=O)C21)C(=O)C(F)(F)F. The molecule has 0 fully saturated rings. The second-order valence-corrected chi connectivity index (χ2v) is 7.63. The Bertz CT molecular complexity index is 1180. The third-order valence-electron chi connectivity index (χ3n) is 5.46. The molecule has 4 rings (SSSR count). The average molecular weight is 441 g/mol. The molecule has 0 saturated carbocycles. The second kappa shape index (κ2) is 7.83. The first kappa shape index (κ1) is 21.6. The lowest BCUT2D eigenvalue weighted by Gasteiger charge is -2.34. The molecule has 1 heterocycles. The quantitative estimate of drug-likeness (QED) is 0.677. The zero-order valence-electron chi connectivity index (χ0n) is 17.1. The first-order chi connectivity index (χ1) is 15.1. The molecule has 1 aliphatic heterocycles. The van der Waals surface area contributed by atoms with Crippen LogP contribution in [0.25, 0.3) is 0 Å². The molecular formula is C23H18F3N3O3. The van der Waals surface area contributed by atoms with Crippen LogP contribution in [0.3, 0.4) is 0 Å². The zero-order chi connectivity index (χ0) is 23.2.